The molecule has 1 amide bonds. The SMILES string of the molecule is CN1CCN(C(=O)CN(C)c2cc(-c3ccccc3)ncn2)CC1. The van der Waals surface area contributed by atoms with Crippen molar-refractivity contribution in [2.24, 2.45) is 0 Å². The predicted octanol–water partition coefficient (Wildman–Crippen LogP) is 1.35. The number of piperazine rings is 1. The highest BCUT2D eigenvalue weighted by molar-refractivity contribution is 5.81. The van der Waals surface area contributed by atoms with E-state index in [2.05, 4.69) is 21.9 Å². The number of aromatic nitrogens is 2. The fourth-order valence-electron chi connectivity index (χ4n) is 2.76. The molecule has 126 valence electrons. The van der Waals surface area contributed by atoms with Gasteiger partial charge in [-0.05, 0) is 7.05 Å². The number of hydrogen-bond acceptors (Lipinski definition) is 5. The second-order valence-corrected chi connectivity index (χ2v) is 6.17. The maximum Gasteiger partial charge on any atom is 0.242 e. The van der Waals surface area contributed by atoms with Gasteiger partial charge >= 0.3 is 0 Å². The molecule has 6 heteroatoms. The number of rotatable bonds is 4. The fraction of sp³-hybridized carbons (Fsp3) is 0.389. The van der Waals surface area contributed by atoms with Crippen molar-refractivity contribution in [2.75, 3.05) is 51.7 Å². The van der Waals surface area contributed by atoms with Crippen LogP contribution in [0.2, 0.25) is 0 Å². The molecule has 0 saturated carbocycles. The normalized spacial score (nSPS) is 15.3. The quantitative estimate of drug-likeness (QED) is 0.849. The molecule has 0 bridgehead atoms. The molecule has 0 aliphatic carbocycles. The number of carbonyl (C=O) groups is 1. The van der Waals surface area contributed by atoms with Crippen LogP contribution in [0.4, 0.5) is 5.82 Å². The van der Waals surface area contributed by atoms with Gasteiger partial charge in [-0.1, -0.05) is 30.3 Å². The van der Waals surface area contributed by atoms with Crippen molar-refractivity contribution in [3.05, 3.63) is 42.7 Å². The molecule has 1 aliphatic heterocycles. The summed E-state index contributed by atoms with van der Waals surface area (Å²) >= 11 is 0. The van der Waals surface area contributed by atoms with Crippen LogP contribution in [0.15, 0.2) is 42.7 Å². The number of anilines is 1. The Morgan fingerprint density at radius 1 is 1.12 bits per heavy atom. The molecule has 2 heterocycles. The van der Waals surface area contributed by atoms with E-state index in [0.29, 0.717) is 6.54 Å². The largest absolute Gasteiger partial charge is 0.350 e. The zero-order valence-electron chi connectivity index (χ0n) is 14.2. The lowest BCUT2D eigenvalue weighted by molar-refractivity contribution is -0.131. The lowest BCUT2D eigenvalue weighted by atomic mass is 10.1. The molecule has 1 saturated heterocycles. The van der Waals surface area contributed by atoms with E-state index in [1.165, 1.54) is 0 Å². The Morgan fingerprint density at radius 2 is 1.83 bits per heavy atom. The minimum absolute atomic E-state index is 0.144. The van der Waals surface area contributed by atoms with Crippen molar-refractivity contribution < 1.29 is 4.79 Å². The Labute approximate surface area is 142 Å². The first kappa shape index (κ1) is 16.4. The molecule has 1 aromatic heterocycles. The summed E-state index contributed by atoms with van der Waals surface area (Å²) < 4.78 is 0. The summed E-state index contributed by atoms with van der Waals surface area (Å²) in [5, 5.41) is 0. The number of likely N-dealkylation sites (N-methyl/N-ethyl adjacent to an activating group) is 2. The van der Waals surface area contributed by atoms with Gasteiger partial charge in [-0.15, -0.1) is 0 Å². The van der Waals surface area contributed by atoms with Crippen LogP contribution in [0.1, 0.15) is 0 Å². The molecule has 6 nitrogen and oxygen atoms in total. The zero-order valence-corrected chi connectivity index (χ0v) is 14.2. The van der Waals surface area contributed by atoms with Crippen LogP contribution in [-0.4, -0.2) is 72.5 Å². The summed E-state index contributed by atoms with van der Waals surface area (Å²) in [6, 6.07) is 11.9. The second-order valence-electron chi connectivity index (χ2n) is 6.17. The zero-order chi connectivity index (χ0) is 16.9. The Kier molecular flexibility index (Phi) is 5.05. The van der Waals surface area contributed by atoms with Crippen LogP contribution in [0.3, 0.4) is 0 Å². The van der Waals surface area contributed by atoms with Gasteiger partial charge in [0.1, 0.15) is 12.1 Å². The van der Waals surface area contributed by atoms with Gasteiger partial charge in [0.25, 0.3) is 0 Å². The molecule has 1 aliphatic rings. The Hall–Kier alpha value is -2.47. The molecule has 0 spiro atoms. The maximum atomic E-state index is 12.5. The highest BCUT2D eigenvalue weighted by atomic mass is 16.2. The van der Waals surface area contributed by atoms with E-state index in [4.69, 9.17) is 0 Å². The van der Waals surface area contributed by atoms with Gasteiger partial charge in [-0.3, -0.25) is 4.79 Å². The molecule has 3 rings (SSSR count). The van der Waals surface area contributed by atoms with Crippen molar-refractivity contribution in [3.63, 3.8) is 0 Å². The van der Waals surface area contributed by atoms with Crippen LogP contribution in [0.25, 0.3) is 11.3 Å². The van der Waals surface area contributed by atoms with Crippen LogP contribution in [0, 0.1) is 0 Å². The van der Waals surface area contributed by atoms with Gasteiger partial charge in [0.15, 0.2) is 0 Å². The van der Waals surface area contributed by atoms with Gasteiger partial charge < -0.3 is 14.7 Å². The van der Waals surface area contributed by atoms with Crippen molar-refractivity contribution >= 4 is 11.7 Å². The average Bonchev–Trinajstić information content (AvgIpc) is 2.63. The third-order valence-electron chi connectivity index (χ3n) is 4.34. The van der Waals surface area contributed by atoms with Gasteiger partial charge in [-0.25, -0.2) is 9.97 Å². The number of benzene rings is 1. The van der Waals surface area contributed by atoms with E-state index in [-0.39, 0.29) is 5.91 Å². The topological polar surface area (TPSA) is 52.6 Å². The fourth-order valence-corrected chi connectivity index (χ4v) is 2.76. The maximum absolute atomic E-state index is 12.5. The third kappa shape index (κ3) is 3.89. The lowest BCUT2D eigenvalue weighted by Crippen LogP contribution is -2.49. The van der Waals surface area contributed by atoms with E-state index in [9.17, 15) is 4.79 Å². The summed E-state index contributed by atoms with van der Waals surface area (Å²) in [5.74, 6) is 0.900. The van der Waals surface area contributed by atoms with Crippen molar-refractivity contribution in [2.45, 2.75) is 0 Å². The van der Waals surface area contributed by atoms with Crippen LogP contribution in [-0.2, 0) is 4.79 Å². The van der Waals surface area contributed by atoms with Crippen LogP contribution >= 0.6 is 0 Å². The lowest BCUT2D eigenvalue weighted by Gasteiger charge is -2.33. The van der Waals surface area contributed by atoms with E-state index < -0.39 is 0 Å². The molecule has 1 aromatic carbocycles. The predicted molar refractivity (Wildman–Crippen MR) is 94.8 cm³/mol. The molecule has 0 N–H and O–H groups in total. The van der Waals surface area contributed by atoms with Crippen molar-refractivity contribution in [1.82, 2.24) is 19.8 Å². The number of amides is 1. The minimum atomic E-state index is 0.144. The molecule has 2 aromatic rings. The van der Waals surface area contributed by atoms with Gasteiger partial charge in [0.05, 0.1) is 12.2 Å². The van der Waals surface area contributed by atoms with Crippen molar-refractivity contribution in [1.29, 1.82) is 0 Å². The first-order valence-electron chi connectivity index (χ1n) is 8.18. The minimum Gasteiger partial charge on any atom is -0.350 e. The smallest absolute Gasteiger partial charge is 0.242 e. The number of hydrogen-bond donors (Lipinski definition) is 0. The molecule has 1 fully saturated rings. The van der Waals surface area contributed by atoms with Gasteiger partial charge in [0.2, 0.25) is 5.91 Å². The van der Waals surface area contributed by atoms with Gasteiger partial charge in [0, 0.05) is 44.9 Å². The van der Waals surface area contributed by atoms with E-state index in [1.54, 1.807) is 6.33 Å². The van der Waals surface area contributed by atoms with Crippen molar-refractivity contribution in [3.8, 4) is 11.3 Å². The summed E-state index contributed by atoms with van der Waals surface area (Å²) in [6.07, 6.45) is 1.55. The molecule has 24 heavy (non-hydrogen) atoms. The average molecular weight is 325 g/mol. The Bertz CT molecular complexity index is 683. The first-order valence-corrected chi connectivity index (χ1v) is 8.18. The van der Waals surface area contributed by atoms with Crippen LogP contribution in [0.5, 0.6) is 0 Å². The summed E-state index contributed by atoms with van der Waals surface area (Å²) in [7, 11) is 3.98. The molecule has 0 atom stereocenters. The molecule has 0 radical (unpaired) electrons. The summed E-state index contributed by atoms with van der Waals surface area (Å²) in [5.41, 5.74) is 1.90. The summed E-state index contributed by atoms with van der Waals surface area (Å²) in [4.78, 5) is 27.2. The monoisotopic (exact) mass is 325 g/mol. The first-order chi connectivity index (χ1) is 11.6. The molecule has 0 unspecified atom stereocenters. The Morgan fingerprint density at radius 3 is 2.54 bits per heavy atom. The molecular formula is C18H23N5O. The number of nitrogens with zero attached hydrogens (tertiary/aromatic N) is 5. The van der Waals surface area contributed by atoms with E-state index in [1.807, 2.05) is 53.2 Å². The highest BCUT2D eigenvalue weighted by Gasteiger charge is 2.20. The van der Waals surface area contributed by atoms with E-state index in [0.717, 1.165) is 43.3 Å². The van der Waals surface area contributed by atoms with Crippen LogP contribution < -0.4 is 4.90 Å². The second kappa shape index (κ2) is 7.40. The van der Waals surface area contributed by atoms with Gasteiger partial charge in [-0.2, -0.15) is 0 Å². The summed E-state index contributed by atoms with van der Waals surface area (Å²) in [6.45, 7) is 3.78. The highest BCUT2D eigenvalue weighted by Crippen LogP contribution is 2.19. The standard InChI is InChI=1S/C18H23N5O/c1-21-8-10-23(11-9-21)18(24)13-22(2)17-12-16(19-14-20-17)15-6-4-3-5-7-15/h3-7,12,14H,8-11,13H2,1-2H3. The third-order valence-corrected chi connectivity index (χ3v) is 4.34. The van der Waals surface area contributed by atoms with E-state index >= 15 is 0 Å². The Balaban J connectivity index is 1.67. The molecular weight excluding hydrogens is 302 g/mol. The number of carbonyl (C=O) groups excluding carboxylic acids is 1.